The number of anilines is 2. The van der Waals surface area contributed by atoms with Crippen LogP contribution >= 0.6 is 11.6 Å². The Labute approximate surface area is 164 Å². The minimum atomic E-state index is -3.36. The normalized spacial score (nSPS) is 14.1. The van der Waals surface area contributed by atoms with E-state index in [0.29, 0.717) is 23.3 Å². The molecule has 3 heterocycles. The van der Waals surface area contributed by atoms with Crippen molar-refractivity contribution in [3.63, 3.8) is 0 Å². The fraction of sp³-hybridized carbons (Fsp3) is 0.333. The Kier molecular flexibility index (Phi) is 5.69. The first-order valence-corrected chi connectivity index (χ1v) is 10.6. The van der Waals surface area contributed by atoms with Crippen molar-refractivity contribution in [2.24, 2.45) is 0 Å². The first-order chi connectivity index (χ1) is 12.7. The summed E-state index contributed by atoms with van der Waals surface area (Å²) in [6, 6.07) is 7.12. The van der Waals surface area contributed by atoms with Crippen molar-refractivity contribution in [3.05, 3.63) is 46.2 Å². The Hall–Kier alpha value is -2.16. The molecule has 1 aliphatic rings. The summed E-state index contributed by atoms with van der Waals surface area (Å²) in [6.45, 7) is 1.53. The molecule has 0 spiro atoms. The third-order valence-electron chi connectivity index (χ3n) is 4.07. The number of halogens is 1. The van der Waals surface area contributed by atoms with Crippen LogP contribution in [0.1, 0.15) is 5.69 Å². The van der Waals surface area contributed by atoms with Gasteiger partial charge in [-0.1, -0.05) is 11.6 Å². The quantitative estimate of drug-likeness (QED) is 0.680. The molecule has 3 rings (SSSR count). The summed E-state index contributed by atoms with van der Waals surface area (Å²) in [6.07, 6.45) is 4.42. The van der Waals surface area contributed by atoms with E-state index in [1.807, 2.05) is 36.0 Å². The van der Waals surface area contributed by atoms with E-state index < -0.39 is 9.84 Å². The molecular weight excluding hydrogens is 388 g/mol. The topological polar surface area (TPSA) is 75.6 Å². The molecule has 0 saturated carbocycles. The fourth-order valence-electron chi connectivity index (χ4n) is 2.62. The molecule has 0 atom stereocenters. The van der Waals surface area contributed by atoms with Crippen molar-refractivity contribution < 1.29 is 13.2 Å². The zero-order valence-electron chi connectivity index (χ0n) is 15.4. The van der Waals surface area contributed by atoms with Crippen LogP contribution in [0.3, 0.4) is 0 Å². The van der Waals surface area contributed by atoms with Crippen LogP contribution in [-0.2, 0) is 9.84 Å². The van der Waals surface area contributed by atoms with Crippen molar-refractivity contribution >= 4 is 38.9 Å². The molecule has 0 amide bonds. The van der Waals surface area contributed by atoms with Gasteiger partial charge in [-0.3, -0.25) is 0 Å². The fourth-order valence-corrected chi connectivity index (χ4v) is 3.46. The third-order valence-corrected chi connectivity index (χ3v) is 5.48. The largest absolute Gasteiger partial charge is 0.476 e. The maximum Gasteiger partial charge on any atom is 0.213 e. The number of sulfone groups is 1. The van der Waals surface area contributed by atoms with E-state index >= 15 is 0 Å². The maximum absolute atomic E-state index is 12.1. The summed E-state index contributed by atoms with van der Waals surface area (Å²) >= 11 is 5.98. The van der Waals surface area contributed by atoms with Crippen molar-refractivity contribution in [2.45, 2.75) is 0 Å². The van der Waals surface area contributed by atoms with E-state index in [0.717, 1.165) is 17.9 Å². The molecule has 0 N–H and O–H groups in total. The second-order valence-electron chi connectivity index (χ2n) is 6.51. The molecule has 144 valence electrons. The van der Waals surface area contributed by atoms with E-state index in [4.69, 9.17) is 16.3 Å². The number of fused-ring (bicyclic) bond motifs is 1. The lowest BCUT2D eigenvalue weighted by molar-refractivity contribution is 0.254. The van der Waals surface area contributed by atoms with Gasteiger partial charge in [0.2, 0.25) is 5.88 Å². The number of likely N-dealkylation sites (N-methyl/N-ethyl adjacent to an activating group) is 1. The van der Waals surface area contributed by atoms with E-state index in [2.05, 4.69) is 9.97 Å². The van der Waals surface area contributed by atoms with Gasteiger partial charge in [0.15, 0.2) is 9.84 Å². The maximum atomic E-state index is 12.1. The number of pyridine rings is 2. The Morgan fingerprint density at radius 1 is 1.26 bits per heavy atom. The molecule has 0 unspecified atom stereocenters. The lowest BCUT2D eigenvalue weighted by atomic mass is 10.1. The van der Waals surface area contributed by atoms with Gasteiger partial charge in [-0.25, -0.2) is 18.4 Å². The minimum absolute atomic E-state index is 0.206. The summed E-state index contributed by atoms with van der Waals surface area (Å²) in [5, 5.41) is 0.308. The summed E-state index contributed by atoms with van der Waals surface area (Å²) < 4.78 is 29.8. The number of hydrogen-bond donors (Lipinski definition) is 0. The Bertz CT molecular complexity index is 959. The van der Waals surface area contributed by atoms with Gasteiger partial charge in [0.1, 0.15) is 11.8 Å². The number of nitrogens with zero attached hydrogens (tertiary/aromatic N) is 4. The number of ether oxygens (including phenoxy) is 1. The van der Waals surface area contributed by atoms with Gasteiger partial charge in [-0.15, -0.1) is 0 Å². The van der Waals surface area contributed by atoms with E-state index in [1.165, 1.54) is 6.26 Å². The second-order valence-corrected chi connectivity index (χ2v) is 8.97. The third kappa shape index (κ3) is 4.77. The summed E-state index contributed by atoms with van der Waals surface area (Å²) in [5.41, 5.74) is 2.03. The van der Waals surface area contributed by atoms with Gasteiger partial charge in [0.05, 0.1) is 34.7 Å². The summed E-state index contributed by atoms with van der Waals surface area (Å²) in [5.74, 6) is 0.519. The molecule has 9 heteroatoms. The molecule has 1 aliphatic heterocycles. The van der Waals surface area contributed by atoms with Crippen LogP contribution in [-0.4, -0.2) is 63.3 Å². The molecule has 2 aromatic rings. The van der Waals surface area contributed by atoms with E-state index in [9.17, 15) is 8.42 Å². The molecule has 7 nitrogen and oxygen atoms in total. The van der Waals surface area contributed by atoms with Gasteiger partial charge >= 0.3 is 0 Å². The Morgan fingerprint density at radius 3 is 2.67 bits per heavy atom. The first kappa shape index (κ1) is 19.6. The van der Waals surface area contributed by atoms with E-state index in [-0.39, 0.29) is 11.4 Å². The zero-order chi connectivity index (χ0) is 19.6. The van der Waals surface area contributed by atoms with Crippen LogP contribution in [0, 0.1) is 0 Å². The molecule has 0 radical (unpaired) electrons. The van der Waals surface area contributed by atoms with Crippen molar-refractivity contribution in [1.82, 2.24) is 14.9 Å². The van der Waals surface area contributed by atoms with Crippen LogP contribution in [0.4, 0.5) is 11.4 Å². The average molecular weight is 409 g/mol. The molecule has 0 aromatic carbocycles. The predicted octanol–water partition coefficient (Wildman–Crippen LogP) is 2.61. The predicted molar refractivity (Wildman–Crippen MR) is 107 cm³/mol. The average Bonchev–Trinajstić information content (AvgIpc) is 2.60. The van der Waals surface area contributed by atoms with Crippen LogP contribution in [0.2, 0.25) is 5.15 Å². The van der Waals surface area contributed by atoms with Gasteiger partial charge in [-0.2, -0.15) is 0 Å². The molecular formula is C18H21ClN4O3S. The molecule has 0 saturated heterocycles. The standard InChI is InChI=1S/C18H21ClN4O3S/c1-22(2)8-9-26-18-7-4-13(11-20-18)23-12-14(27(3,24)25)10-15-16(23)5-6-17(19)21-15/h4-7,10-11H,8-9,12H2,1-3H3. The van der Waals surface area contributed by atoms with Crippen molar-refractivity contribution in [2.75, 3.05) is 44.9 Å². The summed E-state index contributed by atoms with van der Waals surface area (Å²) in [7, 11) is 0.582. The van der Waals surface area contributed by atoms with Crippen molar-refractivity contribution in [1.29, 1.82) is 0 Å². The van der Waals surface area contributed by atoms with Crippen LogP contribution in [0.5, 0.6) is 5.88 Å². The number of rotatable bonds is 6. The Balaban J connectivity index is 1.89. The highest BCUT2D eigenvalue weighted by Crippen LogP contribution is 2.35. The lowest BCUT2D eigenvalue weighted by Crippen LogP contribution is -2.27. The van der Waals surface area contributed by atoms with Gasteiger partial charge in [-0.05, 0) is 38.4 Å². The second kappa shape index (κ2) is 7.84. The number of hydrogen-bond acceptors (Lipinski definition) is 7. The van der Waals surface area contributed by atoms with Crippen LogP contribution < -0.4 is 9.64 Å². The highest BCUT2D eigenvalue weighted by molar-refractivity contribution is 7.94. The smallest absolute Gasteiger partial charge is 0.213 e. The van der Waals surface area contributed by atoms with Crippen LogP contribution in [0.15, 0.2) is 35.4 Å². The summed E-state index contributed by atoms with van der Waals surface area (Å²) in [4.78, 5) is 12.7. The van der Waals surface area contributed by atoms with Crippen molar-refractivity contribution in [3.8, 4) is 5.88 Å². The molecule has 0 aliphatic carbocycles. The van der Waals surface area contributed by atoms with Gasteiger partial charge in [0, 0.05) is 18.9 Å². The minimum Gasteiger partial charge on any atom is -0.476 e. The highest BCUT2D eigenvalue weighted by atomic mass is 35.5. The van der Waals surface area contributed by atoms with Crippen LogP contribution in [0.25, 0.3) is 6.08 Å². The van der Waals surface area contributed by atoms with E-state index in [1.54, 1.807) is 24.4 Å². The number of aromatic nitrogens is 2. The molecule has 27 heavy (non-hydrogen) atoms. The van der Waals surface area contributed by atoms with Gasteiger partial charge < -0.3 is 14.5 Å². The molecule has 0 fully saturated rings. The highest BCUT2D eigenvalue weighted by Gasteiger charge is 2.25. The zero-order valence-corrected chi connectivity index (χ0v) is 17.0. The molecule has 2 aromatic heterocycles. The molecule has 0 bridgehead atoms. The first-order valence-electron chi connectivity index (χ1n) is 8.32. The van der Waals surface area contributed by atoms with Gasteiger partial charge in [0.25, 0.3) is 0 Å². The Morgan fingerprint density at radius 2 is 2.04 bits per heavy atom. The SMILES string of the molecule is CN(C)CCOc1ccc(N2CC(S(C)(=O)=O)=Cc3nc(Cl)ccc32)cn1. The monoisotopic (exact) mass is 408 g/mol. The lowest BCUT2D eigenvalue weighted by Gasteiger charge is -2.30.